The van der Waals surface area contributed by atoms with Crippen molar-refractivity contribution in [2.75, 3.05) is 18.9 Å². The number of hydrogen-bond donors (Lipinski definition) is 3. The summed E-state index contributed by atoms with van der Waals surface area (Å²) in [5.74, 6) is 1.32. The summed E-state index contributed by atoms with van der Waals surface area (Å²) in [7, 11) is 3.81. The Balaban J connectivity index is 0.00000420. The third kappa shape index (κ3) is 7.53. The minimum Gasteiger partial charge on any atom is -0.380 e. The predicted molar refractivity (Wildman–Crippen MR) is 134 cm³/mol. The van der Waals surface area contributed by atoms with E-state index in [4.69, 9.17) is 0 Å². The molecule has 2 rings (SSSR count). The topological polar surface area (TPSA) is 66.3 Å². The van der Waals surface area contributed by atoms with Crippen LogP contribution in [0.5, 0.6) is 0 Å². The Morgan fingerprint density at radius 3 is 2.31 bits per heavy atom. The van der Waals surface area contributed by atoms with Gasteiger partial charge in [0.25, 0.3) is 0 Å². The Morgan fingerprint density at radius 1 is 1.14 bits per heavy atom. The van der Waals surface area contributed by atoms with E-state index in [-0.39, 0.29) is 30.0 Å². The summed E-state index contributed by atoms with van der Waals surface area (Å²) in [6.45, 7) is 11.6. The van der Waals surface area contributed by atoms with Crippen molar-refractivity contribution < 1.29 is 0 Å². The molecule has 3 N–H and O–H groups in total. The first-order valence-corrected chi connectivity index (χ1v) is 10.1. The summed E-state index contributed by atoms with van der Waals surface area (Å²) in [5.41, 5.74) is 4.77. The number of hydrogen-bond acceptors (Lipinski definition) is 3. The van der Waals surface area contributed by atoms with Crippen molar-refractivity contribution in [1.82, 2.24) is 20.4 Å². The van der Waals surface area contributed by atoms with E-state index in [1.165, 1.54) is 11.3 Å². The molecule has 0 spiro atoms. The Bertz CT molecular complexity index is 769. The zero-order chi connectivity index (χ0) is 20.7. The number of nitrogens with zero attached hydrogens (tertiary/aromatic N) is 3. The van der Waals surface area contributed by atoms with Gasteiger partial charge in [0.05, 0.1) is 5.69 Å². The van der Waals surface area contributed by atoms with Crippen molar-refractivity contribution in [2.45, 2.75) is 53.1 Å². The van der Waals surface area contributed by atoms with Crippen LogP contribution in [-0.4, -0.2) is 41.4 Å². The second kappa shape index (κ2) is 12.0. The van der Waals surface area contributed by atoms with E-state index in [1.807, 2.05) is 24.8 Å². The molecule has 1 heterocycles. The summed E-state index contributed by atoms with van der Waals surface area (Å²) in [6.07, 6.45) is 0.919. The van der Waals surface area contributed by atoms with Crippen LogP contribution >= 0.6 is 24.0 Å². The minimum absolute atomic E-state index is 0. The molecule has 0 amide bonds. The minimum atomic E-state index is 0. The fraction of sp³-hybridized carbons (Fsp3) is 0.545. The van der Waals surface area contributed by atoms with Gasteiger partial charge in [0, 0.05) is 44.1 Å². The fourth-order valence-electron chi connectivity index (χ4n) is 3.31. The number of nitrogens with one attached hydrogen (secondary N) is 3. The zero-order valence-electron chi connectivity index (χ0n) is 18.8. The van der Waals surface area contributed by atoms with E-state index < -0.39 is 0 Å². The number of aliphatic imine (C=N–C) groups is 1. The average molecular weight is 512 g/mol. The van der Waals surface area contributed by atoms with Gasteiger partial charge >= 0.3 is 0 Å². The van der Waals surface area contributed by atoms with Crippen LogP contribution in [0.15, 0.2) is 35.3 Å². The molecule has 1 aromatic carbocycles. The largest absolute Gasteiger partial charge is 0.380 e. The molecule has 0 fully saturated rings. The van der Waals surface area contributed by atoms with Crippen LogP contribution in [0.1, 0.15) is 37.7 Å². The third-order valence-corrected chi connectivity index (χ3v) is 5.20. The predicted octanol–water partition coefficient (Wildman–Crippen LogP) is 3.89. The highest BCUT2D eigenvalue weighted by Crippen LogP contribution is 2.14. The van der Waals surface area contributed by atoms with Gasteiger partial charge in [-0.15, -0.1) is 24.0 Å². The highest BCUT2D eigenvalue weighted by atomic mass is 127. The second-order valence-corrected chi connectivity index (χ2v) is 7.84. The SMILES string of the molecule is CN=C(NCC(Nc1ccccc1)C(C)C)NC(C)Cc1c(C)nn(C)c1C.I. The maximum absolute atomic E-state index is 4.52. The van der Waals surface area contributed by atoms with Gasteiger partial charge in [-0.3, -0.25) is 9.67 Å². The van der Waals surface area contributed by atoms with Crippen molar-refractivity contribution in [3.63, 3.8) is 0 Å². The standard InChI is InChI=1S/C22H36N6.HI/c1-15(2)21(26-19-11-9-8-10-12-19)14-24-22(23-6)25-16(3)13-20-17(4)27-28(7)18(20)5;/h8-12,15-16,21,26H,13-14H2,1-7H3,(H2,23,24,25);1H. The lowest BCUT2D eigenvalue weighted by molar-refractivity contribution is 0.510. The van der Waals surface area contributed by atoms with Crippen LogP contribution in [0.25, 0.3) is 0 Å². The zero-order valence-corrected chi connectivity index (χ0v) is 21.1. The van der Waals surface area contributed by atoms with Gasteiger partial charge in [0.15, 0.2) is 5.96 Å². The number of anilines is 1. The summed E-state index contributed by atoms with van der Waals surface area (Å²) in [6, 6.07) is 10.9. The van der Waals surface area contributed by atoms with Crippen molar-refractivity contribution in [1.29, 1.82) is 0 Å². The van der Waals surface area contributed by atoms with Crippen LogP contribution in [0.2, 0.25) is 0 Å². The van der Waals surface area contributed by atoms with Gasteiger partial charge in [-0.1, -0.05) is 32.0 Å². The van der Waals surface area contributed by atoms with Crippen LogP contribution < -0.4 is 16.0 Å². The van der Waals surface area contributed by atoms with Crippen LogP contribution in [0.3, 0.4) is 0 Å². The normalized spacial score (nSPS) is 13.6. The van der Waals surface area contributed by atoms with Crippen molar-refractivity contribution >= 4 is 35.6 Å². The number of rotatable bonds is 8. The quantitative estimate of drug-likeness (QED) is 0.285. The van der Waals surface area contributed by atoms with Gasteiger partial charge in [0.1, 0.15) is 0 Å². The lowest BCUT2D eigenvalue weighted by Gasteiger charge is -2.26. The first-order valence-electron chi connectivity index (χ1n) is 10.1. The summed E-state index contributed by atoms with van der Waals surface area (Å²) >= 11 is 0. The lowest BCUT2D eigenvalue weighted by Crippen LogP contribution is -2.47. The Labute approximate surface area is 193 Å². The van der Waals surface area contributed by atoms with E-state index in [2.05, 4.69) is 84.9 Å². The maximum atomic E-state index is 4.52. The van der Waals surface area contributed by atoms with E-state index >= 15 is 0 Å². The van der Waals surface area contributed by atoms with Crippen molar-refractivity contribution in [2.24, 2.45) is 18.0 Å². The molecule has 0 saturated carbocycles. The van der Waals surface area contributed by atoms with E-state index in [1.54, 1.807) is 0 Å². The van der Waals surface area contributed by atoms with E-state index in [0.29, 0.717) is 12.0 Å². The molecule has 2 unspecified atom stereocenters. The molecule has 0 radical (unpaired) electrons. The number of benzene rings is 1. The molecule has 2 atom stereocenters. The number of halogens is 1. The summed E-state index contributed by atoms with van der Waals surface area (Å²) in [5, 5.41) is 15.1. The number of aromatic nitrogens is 2. The molecule has 0 saturated heterocycles. The molecule has 0 bridgehead atoms. The number of guanidine groups is 1. The molecule has 6 nitrogen and oxygen atoms in total. The highest BCUT2D eigenvalue weighted by molar-refractivity contribution is 14.0. The van der Waals surface area contributed by atoms with Crippen molar-refractivity contribution in [3.8, 4) is 0 Å². The van der Waals surface area contributed by atoms with Gasteiger partial charge in [-0.25, -0.2) is 0 Å². The average Bonchev–Trinajstić information content (AvgIpc) is 2.90. The third-order valence-electron chi connectivity index (χ3n) is 5.20. The van der Waals surface area contributed by atoms with Gasteiger partial charge in [0.2, 0.25) is 0 Å². The summed E-state index contributed by atoms with van der Waals surface area (Å²) < 4.78 is 1.95. The molecule has 0 aliphatic heterocycles. The molecular formula is C22H37IN6. The Morgan fingerprint density at radius 2 is 1.79 bits per heavy atom. The number of para-hydroxylation sites is 1. The van der Waals surface area contributed by atoms with Crippen LogP contribution in [-0.2, 0) is 13.5 Å². The van der Waals surface area contributed by atoms with Gasteiger partial charge in [-0.05, 0) is 50.8 Å². The highest BCUT2D eigenvalue weighted by Gasteiger charge is 2.16. The Kier molecular flexibility index (Phi) is 10.5. The first kappa shape index (κ1) is 25.3. The van der Waals surface area contributed by atoms with E-state index in [0.717, 1.165) is 30.3 Å². The van der Waals surface area contributed by atoms with Crippen LogP contribution in [0.4, 0.5) is 5.69 Å². The fourth-order valence-corrected chi connectivity index (χ4v) is 3.31. The molecule has 29 heavy (non-hydrogen) atoms. The monoisotopic (exact) mass is 512 g/mol. The molecule has 1 aromatic heterocycles. The smallest absolute Gasteiger partial charge is 0.191 e. The molecular weight excluding hydrogens is 475 g/mol. The van der Waals surface area contributed by atoms with Gasteiger partial charge in [-0.2, -0.15) is 5.10 Å². The lowest BCUT2D eigenvalue weighted by atomic mass is 10.0. The molecule has 2 aromatic rings. The van der Waals surface area contributed by atoms with E-state index in [9.17, 15) is 0 Å². The molecule has 7 heteroatoms. The summed E-state index contributed by atoms with van der Waals surface area (Å²) in [4.78, 5) is 4.40. The van der Waals surface area contributed by atoms with Crippen LogP contribution in [0, 0.1) is 19.8 Å². The molecule has 162 valence electrons. The maximum Gasteiger partial charge on any atom is 0.191 e. The Hall–Kier alpha value is -1.77. The first-order chi connectivity index (χ1) is 13.3. The van der Waals surface area contributed by atoms with Gasteiger partial charge < -0.3 is 16.0 Å². The van der Waals surface area contributed by atoms with Crippen molar-refractivity contribution in [3.05, 3.63) is 47.3 Å². The number of aryl methyl sites for hydroxylation is 2. The molecule has 0 aliphatic carbocycles. The second-order valence-electron chi connectivity index (χ2n) is 7.84. The molecule has 0 aliphatic rings.